The van der Waals surface area contributed by atoms with Gasteiger partial charge in [0.25, 0.3) is 0 Å². The molecule has 2 aliphatic heterocycles. The Morgan fingerprint density at radius 3 is 1.87 bits per heavy atom. The van der Waals surface area contributed by atoms with E-state index in [9.17, 15) is 9.59 Å². The summed E-state index contributed by atoms with van der Waals surface area (Å²) in [6, 6.07) is 45.6. The van der Waals surface area contributed by atoms with Gasteiger partial charge in [0.1, 0.15) is 24.7 Å². The Balaban J connectivity index is 0.872. The van der Waals surface area contributed by atoms with E-state index in [1.807, 2.05) is 116 Å². The largest absolute Gasteiger partial charge is 0.489 e. The molecule has 0 radical (unpaired) electrons. The van der Waals surface area contributed by atoms with E-state index in [0.29, 0.717) is 48.2 Å². The Labute approximate surface area is 461 Å². The summed E-state index contributed by atoms with van der Waals surface area (Å²) in [4.78, 5) is 32.1. The van der Waals surface area contributed by atoms with Crippen LogP contribution in [0.4, 0.5) is 28.4 Å². The molecule has 2 aliphatic rings. The number of ketones is 2. The number of carbonyl (C=O) groups is 2. The molecule has 398 valence electrons. The zero-order valence-corrected chi connectivity index (χ0v) is 46.4. The first-order chi connectivity index (χ1) is 37.2. The monoisotopic (exact) mass is 1080 g/mol. The number of aryl methyl sites for hydroxylation is 2. The summed E-state index contributed by atoms with van der Waals surface area (Å²) < 4.78 is 25.1. The number of carbonyl (C=O) groups excluding carboxylic acids is 2. The van der Waals surface area contributed by atoms with Gasteiger partial charge in [-0.2, -0.15) is 0 Å². The van der Waals surface area contributed by atoms with Crippen LogP contribution < -0.4 is 30.7 Å². The van der Waals surface area contributed by atoms with E-state index in [-0.39, 0.29) is 17.7 Å². The Bertz CT molecular complexity index is 2880. The minimum atomic E-state index is -0.0946. The molecule has 0 saturated carbocycles. The van der Waals surface area contributed by atoms with Gasteiger partial charge in [0.05, 0.1) is 36.6 Å². The van der Waals surface area contributed by atoms with Gasteiger partial charge in [0.2, 0.25) is 0 Å². The lowest BCUT2D eigenvalue weighted by atomic mass is 10.1. The molecule has 0 aliphatic carbocycles. The summed E-state index contributed by atoms with van der Waals surface area (Å²) in [7, 11) is 0. The highest BCUT2D eigenvalue weighted by molar-refractivity contribution is 8.21. The SMILES string of the molecule is CSC(=CC(=O)c1ccc(OCc2ccccc2)c(Nc2ccc(NCCN3CCOC(CS/C(=C\C(=O)c4ccc(OCc5ccccc5)cc4)Nc4ccc(NCCN5CCOCC5)cc4C)C3)cc2C)c1)SC. The summed E-state index contributed by atoms with van der Waals surface area (Å²) >= 11 is 4.73. The molecular formula is C61H70N6O6S3. The second-order valence-corrected chi connectivity index (χ2v) is 21.6. The molecular weight excluding hydrogens is 1010 g/mol. The van der Waals surface area contributed by atoms with Gasteiger partial charge in [0.15, 0.2) is 11.6 Å². The van der Waals surface area contributed by atoms with Gasteiger partial charge in [-0.3, -0.25) is 19.4 Å². The number of benzene rings is 6. The van der Waals surface area contributed by atoms with Gasteiger partial charge >= 0.3 is 0 Å². The van der Waals surface area contributed by atoms with Crippen molar-refractivity contribution >= 4 is 75.3 Å². The lowest BCUT2D eigenvalue weighted by Crippen LogP contribution is -2.45. The van der Waals surface area contributed by atoms with E-state index < -0.39 is 0 Å². The molecule has 2 heterocycles. The van der Waals surface area contributed by atoms with Crippen LogP contribution in [-0.4, -0.2) is 118 Å². The highest BCUT2D eigenvalue weighted by Crippen LogP contribution is 2.34. The maximum absolute atomic E-state index is 13.9. The number of rotatable bonds is 27. The molecule has 1 unspecified atom stereocenters. The molecule has 2 fully saturated rings. The van der Waals surface area contributed by atoms with Crippen molar-refractivity contribution in [3.05, 3.63) is 194 Å². The van der Waals surface area contributed by atoms with Gasteiger partial charge < -0.3 is 40.2 Å². The molecule has 12 nitrogen and oxygen atoms in total. The minimum absolute atomic E-state index is 0.0312. The summed E-state index contributed by atoms with van der Waals surface area (Å²) in [6.45, 7) is 14.2. The van der Waals surface area contributed by atoms with Crippen LogP contribution >= 0.6 is 35.3 Å². The average molecular weight is 1080 g/mol. The van der Waals surface area contributed by atoms with Crippen molar-refractivity contribution in [3.63, 3.8) is 0 Å². The average Bonchev–Trinajstić information content (AvgIpc) is 3.45. The number of morpholine rings is 2. The zero-order valence-electron chi connectivity index (χ0n) is 44.0. The maximum Gasteiger partial charge on any atom is 0.188 e. The van der Waals surface area contributed by atoms with E-state index in [4.69, 9.17) is 18.9 Å². The fourth-order valence-corrected chi connectivity index (χ4v) is 10.8. The number of hydrogen-bond donors (Lipinski definition) is 4. The number of hydrogen-bond acceptors (Lipinski definition) is 15. The Morgan fingerprint density at radius 2 is 1.22 bits per heavy atom. The fraction of sp³-hybridized carbons (Fsp3) is 0.311. The van der Waals surface area contributed by atoms with E-state index in [0.717, 1.165) is 126 Å². The molecule has 0 spiro atoms. The van der Waals surface area contributed by atoms with E-state index in [1.54, 1.807) is 47.4 Å². The molecule has 6 aromatic carbocycles. The molecule has 76 heavy (non-hydrogen) atoms. The predicted molar refractivity (Wildman–Crippen MR) is 318 cm³/mol. The first kappa shape index (κ1) is 56.0. The van der Waals surface area contributed by atoms with E-state index in [1.165, 1.54) is 0 Å². The Morgan fingerprint density at radius 1 is 0.632 bits per heavy atom. The number of nitrogens with zero attached hydrogens (tertiary/aromatic N) is 2. The lowest BCUT2D eigenvalue weighted by molar-refractivity contribution is -0.0141. The summed E-state index contributed by atoms with van der Waals surface area (Å²) in [5.74, 6) is 1.89. The standard InChI is InChI=1S/C61H70N6O6S3/c1-44-35-50(18-22-54(44)64-56-37-49(58(69)39-61(74-3)75-4)17-24-59(56)73-42-47-13-9-6-10-14-47)63-26-28-67-31-34-71-53(40-67)43-76-60(38-57(68)48-15-20-52(21-16-48)72-41-46-11-7-5-8-12-46)65-55-23-19-51(36-45(55)2)62-25-27-66-29-32-70-33-30-66/h5-24,35-39,53,62-65H,25-34,40-43H2,1-4H3/b60-38-. The summed E-state index contributed by atoms with van der Waals surface area (Å²) in [5.41, 5.74) is 10.1. The van der Waals surface area contributed by atoms with Crippen LogP contribution in [0.5, 0.6) is 11.5 Å². The molecule has 0 aromatic heterocycles. The van der Waals surface area contributed by atoms with Crippen LogP contribution in [0.2, 0.25) is 0 Å². The highest BCUT2D eigenvalue weighted by atomic mass is 32.2. The molecule has 6 aromatic rings. The quantitative estimate of drug-likeness (QED) is 0.0289. The summed E-state index contributed by atoms with van der Waals surface area (Å²) in [5, 5.41) is 15.2. The van der Waals surface area contributed by atoms with Crippen molar-refractivity contribution in [1.82, 2.24) is 9.80 Å². The number of thioether (sulfide) groups is 3. The van der Waals surface area contributed by atoms with Crippen LogP contribution in [0.25, 0.3) is 0 Å². The van der Waals surface area contributed by atoms with Crippen molar-refractivity contribution in [2.24, 2.45) is 0 Å². The number of anilines is 5. The third-order valence-corrected chi connectivity index (χ3v) is 16.2. The van der Waals surface area contributed by atoms with Gasteiger partial charge in [-0.15, -0.1) is 35.3 Å². The van der Waals surface area contributed by atoms with E-state index in [2.05, 4.69) is 81.3 Å². The van der Waals surface area contributed by atoms with Crippen molar-refractivity contribution in [1.29, 1.82) is 0 Å². The van der Waals surface area contributed by atoms with Crippen LogP contribution in [0.1, 0.15) is 43.0 Å². The highest BCUT2D eigenvalue weighted by Gasteiger charge is 2.22. The first-order valence-corrected chi connectivity index (χ1v) is 29.3. The van der Waals surface area contributed by atoms with Crippen molar-refractivity contribution in [2.45, 2.75) is 33.2 Å². The van der Waals surface area contributed by atoms with Crippen LogP contribution in [0.3, 0.4) is 0 Å². The topological polar surface area (TPSA) is 126 Å². The Hall–Kier alpha value is -6.17. The molecule has 15 heteroatoms. The molecule has 4 N–H and O–H groups in total. The predicted octanol–water partition coefficient (Wildman–Crippen LogP) is 12.4. The fourth-order valence-electron chi connectivity index (χ4n) is 8.72. The van der Waals surface area contributed by atoms with Gasteiger partial charge in [-0.05, 0) is 127 Å². The van der Waals surface area contributed by atoms with Gasteiger partial charge in [0, 0.05) is 108 Å². The van der Waals surface area contributed by atoms with Crippen LogP contribution in [-0.2, 0) is 22.7 Å². The zero-order chi connectivity index (χ0) is 52.9. The van der Waals surface area contributed by atoms with E-state index >= 15 is 0 Å². The van der Waals surface area contributed by atoms with Crippen molar-refractivity contribution in [3.8, 4) is 11.5 Å². The molecule has 1 atom stereocenters. The lowest BCUT2D eigenvalue weighted by Gasteiger charge is -2.33. The molecule has 8 rings (SSSR count). The van der Waals surface area contributed by atoms with Crippen LogP contribution in [0.15, 0.2) is 161 Å². The van der Waals surface area contributed by atoms with Crippen molar-refractivity contribution in [2.75, 3.05) is 112 Å². The Kier molecular flexibility index (Phi) is 21.7. The number of nitrogens with one attached hydrogen (secondary N) is 4. The summed E-state index contributed by atoms with van der Waals surface area (Å²) in [6.07, 6.45) is 7.32. The van der Waals surface area contributed by atoms with Gasteiger partial charge in [-0.25, -0.2) is 0 Å². The first-order valence-electron chi connectivity index (χ1n) is 25.9. The smallest absolute Gasteiger partial charge is 0.188 e. The normalized spacial score (nSPS) is 15.1. The number of ether oxygens (including phenoxy) is 4. The van der Waals surface area contributed by atoms with Crippen molar-refractivity contribution < 1.29 is 28.5 Å². The van der Waals surface area contributed by atoms with Crippen LogP contribution in [0, 0.1) is 13.8 Å². The molecule has 0 amide bonds. The maximum atomic E-state index is 13.9. The third-order valence-electron chi connectivity index (χ3n) is 13.0. The number of allylic oxidation sites excluding steroid dienone is 2. The third kappa shape index (κ3) is 17.4. The second kappa shape index (κ2) is 29.4. The molecule has 2 saturated heterocycles. The molecule has 0 bridgehead atoms. The second-order valence-electron chi connectivity index (χ2n) is 18.6. The minimum Gasteiger partial charge on any atom is -0.489 e. The van der Waals surface area contributed by atoms with Gasteiger partial charge in [-0.1, -0.05) is 60.7 Å².